The van der Waals surface area contributed by atoms with E-state index in [0.717, 1.165) is 0 Å². The predicted octanol–water partition coefficient (Wildman–Crippen LogP) is 1.33. The van der Waals surface area contributed by atoms with Gasteiger partial charge in [-0.15, -0.1) is 0 Å². The van der Waals surface area contributed by atoms with Crippen LogP contribution in [-0.4, -0.2) is 9.59 Å². The fourth-order valence-electron chi connectivity index (χ4n) is 0.261. The second-order valence-corrected chi connectivity index (χ2v) is 1.70. The van der Waals surface area contributed by atoms with Crippen LogP contribution >= 0.6 is 11.5 Å². The van der Waals surface area contributed by atoms with Crippen molar-refractivity contribution < 1.29 is 0 Å². The molecule has 1 radical (unpaired) electrons. The van der Waals surface area contributed by atoms with Crippen LogP contribution in [0.4, 0.5) is 0 Å². The van der Waals surface area contributed by atoms with E-state index in [9.17, 15) is 0 Å². The van der Waals surface area contributed by atoms with Crippen molar-refractivity contribution in [1.82, 2.24) is 9.59 Å². The molecule has 0 saturated heterocycles. The molecule has 0 aromatic carbocycles. The van der Waals surface area contributed by atoms with Gasteiger partial charge in [0.2, 0.25) is 0 Å². The quantitative estimate of drug-likeness (QED) is 0.508. The van der Waals surface area contributed by atoms with Gasteiger partial charge < -0.3 is 0 Å². The molecule has 0 atom stereocenters. The third-order valence-corrected chi connectivity index (χ3v) is 1.02. The SMILES string of the molecule is [c]1cccs[nH][nH]1. The van der Waals surface area contributed by atoms with Crippen LogP contribution in [0.5, 0.6) is 0 Å². The second-order valence-electron chi connectivity index (χ2n) is 0.984. The van der Waals surface area contributed by atoms with E-state index < -0.39 is 0 Å². The van der Waals surface area contributed by atoms with Crippen molar-refractivity contribution in [2.24, 2.45) is 0 Å². The van der Waals surface area contributed by atoms with E-state index in [1.165, 1.54) is 11.5 Å². The zero-order valence-electron chi connectivity index (χ0n) is 3.64. The van der Waals surface area contributed by atoms with Gasteiger partial charge >= 0.3 is 0 Å². The number of hydrogen-bond acceptors (Lipinski definition) is 1. The summed E-state index contributed by atoms with van der Waals surface area (Å²) in [5.74, 6) is 0. The van der Waals surface area contributed by atoms with Gasteiger partial charge in [0.15, 0.2) is 0 Å². The van der Waals surface area contributed by atoms with Crippen molar-refractivity contribution in [2.75, 3.05) is 0 Å². The molecule has 0 unspecified atom stereocenters. The van der Waals surface area contributed by atoms with E-state index >= 15 is 0 Å². The first-order valence-electron chi connectivity index (χ1n) is 1.90. The first-order chi connectivity index (χ1) is 3.50. The topological polar surface area (TPSA) is 31.6 Å². The van der Waals surface area contributed by atoms with E-state index in [0.29, 0.717) is 0 Å². The Bertz CT molecular complexity index is 97.7. The maximum atomic E-state index is 2.78. The molecule has 0 aliphatic heterocycles. The minimum Gasteiger partial charge on any atom is -0.290 e. The minimum absolute atomic E-state index is 1.48. The van der Waals surface area contributed by atoms with Crippen LogP contribution in [0.25, 0.3) is 0 Å². The standard InChI is InChI=1S/C4H5N2S/c1-2-4-7-6-5-3-1/h1-2,4-6H. The lowest BCUT2D eigenvalue weighted by molar-refractivity contribution is 1.13. The summed E-state index contributed by atoms with van der Waals surface area (Å²) in [6, 6.07) is 3.70. The van der Waals surface area contributed by atoms with Crippen LogP contribution in [0.3, 0.4) is 0 Å². The Hall–Kier alpha value is -0.700. The highest BCUT2D eigenvalue weighted by Crippen LogP contribution is 1.79. The fourth-order valence-corrected chi connectivity index (χ4v) is 0.604. The monoisotopic (exact) mass is 113 g/mol. The van der Waals surface area contributed by atoms with Gasteiger partial charge in [-0.05, 0) is 12.1 Å². The van der Waals surface area contributed by atoms with Crippen LogP contribution in [-0.2, 0) is 0 Å². The summed E-state index contributed by atoms with van der Waals surface area (Å²) in [6.45, 7) is 0. The zero-order valence-corrected chi connectivity index (χ0v) is 4.46. The molecule has 0 amide bonds. The summed E-state index contributed by atoms with van der Waals surface area (Å²) >= 11 is 1.48. The third kappa shape index (κ3) is 1.45. The van der Waals surface area contributed by atoms with E-state index in [2.05, 4.69) is 15.8 Å². The molecule has 2 nitrogen and oxygen atoms in total. The lowest BCUT2D eigenvalue weighted by Gasteiger charge is -1.63. The molecule has 2 N–H and O–H groups in total. The Morgan fingerprint density at radius 1 is 1.57 bits per heavy atom. The van der Waals surface area contributed by atoms with Gasteiger partial charge in [0.05, 0.1) is 6.20 Å². The minimum atomic E-state index is 1.48. The molecule has 37 valence electrons. The second kappa shape index (κ2) is 2.47. The molecule has 0 saturated carbocycles. The smallest absolute Gasteiger partial charge is 0.0798 e. The van der Waals surface area contributed by atoms with Crippen molar-refractivity contribution >= 4 is 11.5 Å². The molecule has 0 aliphatic rings. The highest BCUT2D eigenvalue weighted by Gasteiger charge is 1.57. The summed E-state index contributed by atoms with van der Waals surface area (Å²) in [5, 5.41) is 4.62. The number of nitrogens with one attached hydrogen (secondary N) is 2. The van der Waals surface area contributed by atoms with Crippen LogP contribution in [0.1, 0.15) is 0 Å². The Balaban J connectivity index is 3.06. The summed E-state index contributed by atoms with van der Waals surface area (Å²) in [4.78, 5) is 0. The van der Waals surface area contributed by atoms with Crippen LogP contribution in [0.2, 0.25) is 0 Å². The molecule has 1 heterocycles. The van der Waals surface area contributed by atoms with E-state index in [-0.39, 0.29) is 0 Å². The van der Waals surface area contributed by atoms with Gasteiger partial charge in [-0.25, -0.2) is 0 Å². The van der Waals surface area contributed by atoms with Crippen molar-refractivity contribution in [2.45, 2.75) is 0 Å². The fraction of sp³-hybridized carbons (Fsp3) is 0. The van der Waals surface area contributed by atoms with Crippen molar-refractivity contribution in [3.8, 4) is 0 Å². The summed E-state index contributed by atoms with van der Waals surface area (Å²) in [6.07, 6.45) is 2.75. The summed E-state index contributed by atoms with van der Waals surface area (Å²) < 4.78 is 2.78. The molecular weight excluding hydrogens is 108 g/mol. The van der Waals surface area contributed by atoms with E-state index in [1.807, 2.05) is 11.4 Å². The van der Waals surface area contributed by atoms with Crippen molar-refractivity contribution in [1.29, 1.82) is 0 Å². The maximum Gasteiger partial charge on any atom is 0.0798 e. The molecule has 1 rings (SSSR count). The average molecular weight is 113 g/mol. The van der Waals surface area contributed by atoms with E-state index in [1.54, 1.807) is 6.07 Å². The van der Waals surface area contributed by atoms with Crippen molar-refractivity contribution in [3.63, 3.8) is 0 Å². The van der Waals surface area contributed by atoms with Crippen LogP contribution in [0, 0.1) is 6.20 Å². The molecule has 0 fully saturated rings. The molecule has 7 heavy (non-hydrogen) atoms. The lowest BCUT2D eigenvalue weighted by Crippen LogP contribution is -1.59. The Morgan fingerprint density at radius 2 is 2.57 bits per heavy atom. The van der Waals surface area contributed by atoms with Crippen LogP contribution in [0.15, 0.2) is 17.5 Å². The largest absolute Gasteiger partial charge is 0.290 e. The highest BCUT2D eigenvalue weighted by molar-refractivity contribution is 7.03. The highest BCUT2D eigenvalue weighted by atomic mass is 32.1. The molecule has 0 spiro atoms. The Morgan fingerprint density at radius 3 is 3.57 bits per heavy atom. The van der Waals surface area contributed by atoms with Crippen molar-refractivity contribution in [3.05, 3.63) is 23.7 Å². The molecule has 0 bridgehead atoms. The molecule has 1 aromatic rings. The average Bonchev–Trinajstić information content (AvgIpc) is 1.90. The molecule has 0 aliphatic carbocycles. The van der Waals surface area contributed by atoms with Crippen LogP contribution < -0.4 is 0 Å². The predicted molar refractivity (Wildman–Crippen MR) is 29.5 cm³/mol. The Labute approximate surface area is 45.6 Å². The molecule has 3 heteroatoms. The number of hydrogen-bond donors (Lipinski definition) is 2. The number of aromatic amines is 2. The van der Waals surface area contributed by atoms with Gasteiger partial charge in [-0.2, -0.15) is 0 Å². The molecular formula is C4H5N2S. The molecule has 1 aromatic heterocycles. The number of aromatic nitrogens is 2. The van der Waals surface area contributed by atoms with Gasteiger partial charge in [0.1, 0.15) is 0 Å². The Kier molecular flexibility index (Phi) is 1.57. The first-order valence-corrected chi connectivity index (χ1v) is 2.77. The number of H-pyrrole nitrogens is 2. The van der Waals surface area contributed by atoms with Gasteiger partial charge in [0.25, 0.3) is 0 Å². The third-order valence-electron chi connectivity index (χ3n) is 0.508. The van der Waals surface area contributed by atoms with E-state index in [4.69, 9.17) is 0 Å². The normalized spacial score (nSPS) is 8.00. The lowest BCUT2D eigenvalue weighted by atomic mass is 10.7. The zero-order chi connectivity index (χ0) is 4.95. The summed E-state index contributed by atoms with van der Waals surface area (Å²) in [7, 11) is 0. The van der Waals surface area contributed by atoms with Gasteiger partial charge in [-0.3, -0.25) is 9.59 Å². The maximum absolute atomic E-state index is 2.78. The van der Waals surface area contributed by atoms with Gasteiger partial charge in [0, 0.05) is 5.38 Å². The first kappa shape index (κ1) is 4.46. The van der Waals surface area contributed by atoms with Gasteiger partial charge in [-0.1, -0.05) is 11.5 Å². The summed E-state index contributed by atoms with van der Waals surface area (Å²) in [5.41, 5.74) is 0. The number of rotatable bonds is 0.